The zero-order valence-electron chi connectivity index (χ0n) is 23.7. The average Bonchev–Trinajstić information content (AvgIpc) is 3.05. The molecule has 5 atom stereocenters. The molecule has 4 rings (SSSR count). The molecule has 0 radical (unpaired) electrons. The molecule has 0 aliphatic carbocycles. The van der Waals surface area contributed by atoms with E-state index in [1.54, 1.807) is 66.7 Å². The van der Waals surface area contributed by atoms with Crippen molar-refractivity contribution >= 4 is 23.8 Å². The van der Waals surface area contributed by atoms with Crippen LogP contribution in [-0.2, 0) is 28.5 Å². The van der Waals surface area contributed by atoms with Gasteiger partial charge in [0, 0.05) is 18.4 Å². The number of nitrogens with zero attached hydrogens (tertiary/aromatic N) is 3. The predicted molar refractivity (Wildman–Crippen MR) is 154 cm³/mol. The molecule has 0 spiro atoms. The molecule has 3 aromatic carbocycles. The Labute approximate surface area is 252 Å². The molecule has 0 bridgehead atoms. The van der Waals surface area contributed by atoms with Crippen molar-refractivity contribution in [3.05, 3.63) is 118 Å². The molecule has 44 heavy (non-hydrogen) atoms. The van der Waals surface area contributed by atoms with Gasteiger partial charge in [-0.2, -0.15) is 0 Å². The molecule has 1 fully saturated rings. The van der Waals surface area contributed by atoms with Crippen molar-refractivity contribution in [3.63, 3.8) is 0 Å². The summed E-state index contributed by atoms with van der Waals surface area (Å²) >= 11 is 0. The monoisotopic (exact) mass is 602 g/mol. The van der Waals surface area contributed by atoms with E-state index in [4.69, 9.17) is 29.2 Å². The minimum Gasteiger partial charge on any atom is -0.459 e. The molecular formula is C31H30N4O9. The Morgan fingerprint density at radius 2 is 1.30 bits per heavy atom. The van der Waals surface area contributed by atoms with E-state index in [-0.39, 0.29) is 29.8 Å². The molecule has 13 nitrogen and oxygen atoms in total. The van der Waals surface area contributed by atoms with Gasteiger partial charge in [-0.3, -0.25) is 4.79 Å². The van der Waals surface area contributed by atoms with Gasteiger partial charge in [-0.25, -0.2) is 14.4 Å². The first-order valence-corrected chi connectivity index (χ1v) is 13.7. The number of rotatable bonds is 12. The van der Waals surface area contributed by atoms with Gasteiger partial charge < -0.3 is 29.0 Å². The molecular weight excluding hydrogens is 572 g/mol. The number of ether oxygens (including phenoxy) is 5. The van der Waals surface area contributed by atoms with Crippen LogP contribution in [-0.4, -0.2) is 74.2 Å². The zero-order chi connectivity index (χ0) is 31.3. The summed E-state index contributed by atoms with van der Waals surface area (Å²) in [5.41, 5.74) is 9.32. The van der Waals surface area contributed by atoms with Crippen molar-refractivity contribution < 1.29 is 42.9 Å². The number of amides is 1. The number of azide groups is 1. The van der Waals surface area contributed by atoms with Crippen LogP contribution in [0.2, 0.25) is 0 Å². The van der Waals surface area contributed by atoms with Crippen molar-refractivity contribution in [3.8, 4) is 0 Å². The van der Waals surface area contributed by atoms with E-state index < -0.39 is 61.1 Å². The Balaban J connectivity index is 1.70. The van der Waals surface area contributed by atoms with Crippen molar-refractivity contribution in [1.82, 2.24) is 5.32 Å². The topological polar surface area (TPSA) is 175 Å². The fourth-order valence-corrected chi connectivity index (χ4v) is 4.45. The first-order chi connectivity index (χ1) is 21.4. The molecule has 1 amide bonds. The first-order valence-electron chi connectivity index (χ1n) is 13.7. The van der Waals surface area contributed by atoms with Gasteiger partial charge in [-0.05, 0) is 41.9 Å². The van der Waals surface area contributed by atoms with E-state index in [1.807, 2.05) is 0 Å². The van der Waals surface area contributed by atoms with Gasteiger partial charge >= 0.3 is 17.9 Å². The van der Waals surface area contributed by atoms with Crippen LogP contribution < -0.4 is 5.32 Å². The van der Waals surface area contributed by atoms with Crippen molar-refractivity contribution in [2.75, 3.05) is 19.8 Å². The standard InChI is InChI=1S/C31H30N4O9/c1-20(36)34-25-27(44-30(39)23-15-9-4-10-16-23)26(43-29(38)22-13-7-3-8-14-22)24(42-31(25)40-18-17-33-35-32)19-41-28(37)21-11-5-2-6-12-21/h2-16,24-27,31H,17-19H2,1H3,(H,34,36)/t24-,25-,26+,27-,31+/m1/s1. The van der Waals surface area contributed by atoms with Gasteiger partial charge in [0.25, 0.3) is 0 Å². The van der Waals surface area contributed by atoms with Gasteiger partial charge in [0.2, 0.25) is 5.91 Å². The number of carbonyl (C=O) groups excluding carboxylic acids is 4. The molecule has 0 unspecified atom stereocenters. The third kappa shape index (κ3) is 8.65. The highest BCUT2D eigenvalue weighted by atomic mass is 16.7. The first kappa shape index (κ1) is 31.7. The summed E-state index contributed by atoms with van der Waals surface area (Å²) in [4.78, 5) is 54.4. The third-order valence-electron chi connectivity index (χ3n) is 6.45. The molecule has 228 valence electrons. The van der Waals surface area contributed by atoms with E-state index in [2.05, 4.69) is 15.3 Å². The summed E-state index contributed by atoms with van der Waals surface area (Å²) in [7, 11) is 0. The van der Waals surface area contributed by atoms with Crippen LogP contribution in [0, 0.1) is 0 Å². The number of esters is 3. The van der Waals surface area contributed by atoms with Gasteiger partial charge in [0.1, 0.15) is 18.8 Å². The molecule has 1 saturated heterocycles. The highest BCUT2D eigenvalue weighted by Gasteiger charge is 2.52. The van der Waals surface area contributed by atoms with Crippen LogP contribution in [0.5, 0.6) is 0 Å². The van der Waals surface area contributed by atoms with Crippen LogP contribution in [0.4, 0.5) is 0 Å². The van der Waals surface area contributed by atoms with Crippen molar-refractivity contribution in [1.29, 1.82) is 0 Å². The minimum atomic E-state index is -1.38. The van der Waals surface area contributed by atoms with Crippen LogP contribution in [0.3, 0.4) is 0 Å². The Morgan fingerprint density at radius 1 is 0.795 bits per heavy atom. The SMILES string of the molecule is CC(=O)N[C@H]1[C@@H](OCCN=[N+]=[N-])O[C@H](COC(=O)c2ccccc2)[C@H](OC(=O)c2ccccc2)[C@@H]1OC(=O)c1ccccc1. The zero-order valence-corrected chi connectivity index (χ0v) is 23.7. The Hall–Kier alpha value is -5.23. The van der Waals surface area contributed by atoms with Crippen LogP contribution >= 0.6 is 0 Å². The smallest absolute Gasteiger partial charge is 0.338 e. The van der Waals surface area contributed by atoms with Crippen molar-refractivity contribution in [2.45, 2.75) is 37.6 Å². The molecule has 1 heterocycles. The van der Waals surface area contributed by atoms with Gasteiger partial charge in [0.15, 0.2) is 18.5 Å². The lowest BCUT2D eigenvalue weighted by Crippen LogP contribution is -2.66. The van der Waals surface area contributed by atoms with Gasteiger partial charge in [-0.1, -0.05) is 59.7 Å². The summed E-state index contributed by atoms with van der Waals surface area (Å²) in [5.74, 6) is -2.75. The second-order valence-corrected chi connectivity index (χ2v) is 9.53. The lowest BCUT2D eigenvalue weighted by molar-refractivity contribution is -0.268. The highest BCUT2D eigenvalue weighted by molar-refractivity contribution is 5.91. The number of hydrogen-bond acceptors (Lipinski definition) is 10. The summed E-state index contributed by atoms with van der Waals surface area (Å²) in [6, 6.07) is 23.2. The quantitative estimate of drug-likeness (QED) is 0.0806. The Bertz CT molecular complexity index is 1470. The molecule has 3 aromatic rings. The van der Waals surface area contributed by atoms with Crippen LogP contribution in [0.1, 0.15) is 38.0 Å². The average molecular weight is 603 g/mol. The normalized spacial score (nSPS) is 20.8. The molecule has 13 heteroatoms. The van der Waals surface area contributed by atoms with E-state index in [0.717, 1.165) is 0 Å². The number of hydrogen-bond donors (Lipinski definition) is 1. The maximum absolute atomic E-state index is 13.3. The lowest BCUT2D eigenvalue weighted by atomic mass is 9.95. The maximum atomic E-state index is 13.3. The largest absolute Gasteiger partial charge is 0.459 e. The van der Waals surface area contributed by atoms with Gasteiger partial charge in [-0.15, -0.1) is 0 Å². The molecule has 0 aromatic heterocycles. The molecule has 1 N–H and O–H groups in total. The molecule has 1 aliphatic rings. The predicted octanol–water partition coefficient (Wildman–Crippen LogP) is 3.85. The van der Waals surface area contributed by atoms with Crippen molar-refractivity contribution in [2.24, 2.45) is 5.11 Å². The fourth-order valence-electron chi connectivity index (χ4n) is 4.45. The summed E-state index contributed by atoms with van der Waals surface area (Å²) in [6.45, 7) is 0.599. The van der Waals surface area contributed by atoms with E-state index in [1.165, 1.54) is 31.2 Å². The Morgan fingerprint density at radius 3 is 1.80 bits per heavy atom. The number of carbonyl (C=O) groups is 4. The molecule has 0 saturated carbocycles. The van der Waals surface area contributed by atoms with E-state index >= 15 is 0 Å². The Kier molecular flexibility index (Phi) is 11.4. The van der Waals surface area contributed by atoms with Crippen LogP contribution in [0.25, 0.3) is 10.4 Å². The maximum Gasteiger partial charge on any atom is 0.338 e. The third-order valence-corrected chi connectivity index (χ3v) is 6.45. The lowest BCUT2D eigenvalue weighted by Gasteiger charge is -2.45. The summed E-state index contributed by atoms with van der Waals surface area (Å²) in [6.07, 6.45) is -5.28. The molecule has 1 aliphatic heterocycles. The summed E-state index contributed by atoms with van der Waals surface area (Å²) in [5, 5.41) is 6.10. The minimum absolute atomic E-state index is 0.0717. The van der Waals surface area contributed by atoms with E-state index in [9.17, 15) is 19.2 Å². The highest BCUT2D eigenvalue weighted by Crippen LogP contribution is 2.29. The van der Waals surface area contributed by atoms with E-state index in [0.29, 0.717) is 0 Å². The number of benzene rings is 3. The van der Waals surface area contributed by atoms with Crippen LogP contribution in [0.15, 0.2) is 96.1 Å². The van der Waals surface area contributed by atoms with Gasteiger partial charge in [0.05, 0.1) is 23.3 Å². The number of nitrogens with one attached hydrogen (secondary N) is 1. The summed E-state index contributed by atoms with van der Waals surface area (Å²) < 4.78 is 29.2. The second-order valence-electron chi connectivity index (χ2n) is 9.53. The fraction of sp³-hybridized carbons (Fsp3) is 0.290. The second kappa shape index (κ2) is 15.8.